The van der Waals surface area contributed by atoms with Crippen LogP contribution in [0.3, 0.4) is 0 Å². The SMILES string of the molecule is O=C(CSc1nc(-c2ccc(F)cc2)cc(C(F)(F)F)n1)Nc1ccc(F)cc1F. The number of nitrogens with zero attached hydrogens (tertiary/aromatic N) is 2. The van der Waals surface area contributed by atoms with Gasteiger partial charge in [0.2, 0.25) is 5.91 Å². The average Bonchev–Trinajstić information content (AvgIpc) is 2.68. The lowest BCUT2D eigenvalue weighted by molar-refractivity contribution is -0.141. The second-order valence-electron chi connectivity index (χ2n) is 5.89. The zero-order valence-corrected chi connectivity index (χ0v) is 15.6. The lowest BCUT2D eigenvalue weighted by atomic mass is 10.1. The Kier molecular flexibility index (Phi) is 6.30. The topological polar surface area (TPSA) is 54.9 Å². The summed E-state index contributed by atoms with van der Waals surface area (Å²) < 4.78 is 79.1. The zero-order chi connectivity index (χ0) is 21.9. The standard InChI is InChI=1S/C19H11F6N3OS/c20-11-3-1-10(2-4-11)15-8-16(19(23,24)25)28-18(27-15)30-9-17(29)26-14-6-5-12(21)7-13(14)22/h1-8H,9H2,(H,26,29). The van der Waals surface area contributed by atoms with Gasteiger partial charge in [-0.1, -0.05) is 11.8 Å². The molecular formula is C19H11F6N3OS. The Hall–Kier alpha value is -3.08. The fourth-order valence-corrected chi connectivity index (χ4v) is 2.97. The molecule has 0 unspecified atom stereocenters. The molecule has 30 heavy (non-hydrogen) atoms. The van der Waals surface area contributed by atoms with E-state index in [1.807, 2.05) is 0 Å². The van der Waals surface area contributed by atoms with E-state index in [4.69, 9.17) is 0 Å². The number of rotatable bonds is 5. The first-order chi connectivity index (χ1) is 14.1. The van der Waals surface area contributed by atoms with Gasteiger partial charge in [0, 0.05) is 11.6 Å². The average molecular weight is 443 g/mol. The number of hydrogen-bond donors (Lipinski definition) is 1. The summed E-state index contributed by atoms with van der Waals surface area (Å²) in [6, 6.07) is 7.91. The molecule has 1 heterocycles. The lowest BCUT2D eigenvalue weighted by Crippen LogP contribution is -2.16. The number of nitrogens with one attached hydrogen (secondary N) is 1. The van der Waals surface area contributed by atoms with Crippen molar-refractivity contribution in [3.63, 3.8) is 0 Å². The third-order valence-corrected chi connectivity index (χ3v) is 4.52. The van der Waals surface area contributed by atoms with Gasteiger partial charge in [-0.25, -0.2) is 23.1 Å². The molecule has 0 atom stereocenters. The number of benzene rings is 2. The Morgan fingerprint density at radius 1 is 0.933 bits per heavy atom. The van der Waals surface area contributed by atoms with Crippen molar-refractivity contribution in [1.82, 2.24) is 9.97 Å². The van der Waals surface area contributed by atoms with Gasteiger partial charge in [0.25, 0.3) is 0 Å². The van der Waals surface area contributed by atoms with Crippen LogP contribution in [-0.2, 0) is 11.0 Å². The number of hydrogen-bond acceptors (Lipinski definition) is 4. The van der Waals surface area contributed by atoms with Crippen LogP contribution in [0, 0.1) is 17.5 Å². The highest BCUT2D eigenvalue weighted by atomic mass is 32.2. The number of carbonyl (C=O) groups is 1. The van der Waals surface area contributed by atoms with Crippen LogP contribution in [0.4, 0.5) is 32.0 Å². The predicted octanol–water partition coefficient (Wildman–Crippen LogP) is 5.31. The van der Waals surface area contributed by atoms with Crippen molar-refractivity contribution in [1.29, 1.82) is 0 Å². The van der Waals surface area contributed by atoms with E-state index in [9.17, 15) is 31.1 Å². The van der Waals surface area contributed by atoms with E-state index in [-0.39, 0.29) is 22.1 Å². The van der Waals surface area contributed by atoms with E-state index in [1.54, 1.807) is 0 Å². The van der Waals surface area contributed by atoms with Gasteiger partial charge in [0.05, 0.1) is 17.1 Å². The number of alkyl halides is 3. The Balaban J connectivity index is 1.79. The maximum atomic E-state index is 13.6. The lowest BCUT2D eigenvalue weighted by Gasteiger charge is -2.11. The zero-order valence-electron chi connectivity index (χ0n) is 14.8. The fourth-order valence-electron chi connectivity index (χ4n) is 2.31. The van der Waals surface area contributed by atoms with Gasteiger partial charge in [-0.2, -0.15) is 13.2 Å². The van der Waals surface area contributed by atoms with E-state index in [2.05, 4.69) is 15.3 Å². The molecule has 11 heteroatoms. The van der Waals surface area contributed by atoms with E-state index >= 15 is 0 Å². The summed E-state index contributed by atoms with van der Waals surface area (Å²) in [6.07, 6.45) is -4.77. The monoisotopic (exact) mass is 443 g/mol. The van der Waals surface area contributed by atoms with Crippen LogP contribution in [0.25, 0.3) is 11.3 Å². The number of halogens is 6. The van der Waals surface area contributed by atoms with Crippen molar-refractivity contribution in [2.24, 2.45) is 0 Å². The predicted molar refractivity (Wildman–Crippen MR) is 98.1 cm³/mol. The third-order valence-electron chi connectivity index (χ3n) is 3.67. The number of amides is 1. The molecule has 0 spiro atoms. The minimum absolute atomic E-state index is 0.107. The molecule has 1 aromatic heterocycles. The number of carbonyl (C=O) groups excluding carboxylic acids is 1. The van der Waals surface area contributed by atoms with Crippen molar-refractivity contribution in [3.8, 4) is 11.3 Å². The largest absolute Gasteiger partial charge is 0.433 e. The molecule has 0 saturated heterocycles. The molecule has 1 N–H and O–H groups in total. The first-order valence-corrected chi connectivity index (χ1v) is 9.20. The molecule has 0 aliphatic heterocycles. The molecule has 156 valence electrons. The van der Waals surface area contributed by atoms with Crippen molar-refractivity contribution in [2.75, 3.05) is 11.1 Å². The second kappa shape index (κ2) is 8.74. The first-order valence-electron chi connectivity index (χ1n) is 8.22. The molecule has 4 nitrogen and oxygen atoms in total. The smallest absolute Gasteiger partial charge is 0.323 e. The highest BCUT2D eigenvalue weighted by Crippen LogP contribution is 2.32. The maximum Gasteiger partial charge on any atom is 0.433 e. The molecular weight excluding hydrogens is 432 g/mol. The Labute approximate surface area is 170 Å². The molecule has 0 fully saturated rings. The van der Waals surface area contributed by atoms with Crippen molar-refractivity contribution < 1.29 is 31.1 Å². The third kappa shape index (κ3) is 5.50. The van der Waals surface area contributed by atoms with Gasteiger partial charge in [-0.15, -0.1) is 0 Å². The van der Waals surface area contributed by atoms with E-state index in [1.165, 1.54) is 12.1 Å². The summed E-state index contributed by atoms with van der Waals surface area (Å²) in [5, 5.41) is 1.84. The van der Waals surface area contributed by atoms with E-state index < -0.39 is 41.0 Å². The highest BCUT2D eigenvalue weighted by molar-refractivity contribution is 7.99. The first kappa shape index (κ1) is 21.6. The molecule has 0 aliphatic rings. The van der Waals surface area contributed by atoms with Crippen molar-refractivity contribution >= 4 is 23.4 Å². The summed E-state index contributed by atoms with van der Waals surface area (Å²) in [5.74, 6) is -3.58. The number of thioether (sulfide) groups is 1. The van der Waals surface area contributed by atoms with Crippen molar-refractivity contribution in [3.05, 3.63) is 71.7 Å². The van der Waals surface area contributed by atoms with Gasteiger partial charge < -0.3 is 5.32 Å². The Morgan fingerprint density at radius 3 is 2.23 bits per heavy atom. The molecule has 1 amide bonds. The van der Waals surface area contributed by atoms with Gasteiger partial charge >= 0.3 is 6.18 Å². The summed E-state index contributed by atoms with van der Waals surface area (Å²) in [4.78, 5) is 19.4. The van der Waals surface area contributed by atoms with Gasteiger partial charge in [-0.05, 0) is 42.5 Å². The fraction of sp³-hybridized carbons (Fsp3) is 0.105. The second-order valence-corrected chi connectivity index (χ2v) is 6.83. The summed E-state index contributed by atoms with van der Waals surface area (Å²) in [5.41, 5.74) is -1.39. The summed E-state index contributed by atoms with van der Waals surface area (Å²) >= 11 is 0.594. The highest BCUT2D eigenvalue weighted by Gasteiger charge is 2.34. The Bertz CT molecular complexity index is 1070. The normalized spacial score (nSPS) is 11.4. The number of aromatic nitrogens is 2. The van der Waals surface area contributed by atoms with Crippen LogP contribution in [0.15, 0.2) is 53.7 Å². The maximum absolute atomic E-state index is 13.6. The van der Waals surface area contributed by atoms with E-state index in [0.29, 0.717) is 23.9 Å². The molecule has 0 aliphatic carbocycles. The molecule has 0 bridgehead atoms. The molecule has 2 aromatic carbocycles. The van der Waals surface area contributed by atoms with Gasteiger partial charge in [0.15, 0.2) is 5.16 Å². The van der Waals surface area contributed by atoms with Gasteiger partial charge in [-0.3, -0.25) is 4.79 Å². The van der Waals surface area contributed by atoms with Crippen molar-refractivity contribution in [2.45, 2.75) is 11.3 Å². The van der Waals surface area contributed by atoms with Crippen LogP contribution >= 0.6 is 11.8 Å². The molecule has 0 radical (unpaired) electrons. The molecule has 3 aromatic rings. The molecule has 3 rings (SSSR count). The van der Waals surface area contributed by atoms with Crippen LogP contribution in [-0.4, -0.2) is 21.6 Å². The Morgan fingerprint density at radius 2 is 1.60 bits per heavy atom. The van der Waals surface area contributed by atoms with Crippen LogP contribution < -0.4 is 5.32 Å². The molecule has 0 saturated carbocycles. The van der Waals surface area contributed by atoms with E-state index in [0.717, 1.165) is 24.3 Å². The van der Waals surface area contributed by atoms with Crippen LogP contribution in [0.1, 0.15) is 5.69 Å². The van der Waals surface area contributed by atoms with Crippen LogP contribution in [0.5, 0.6) is 0 Å². The number of anilines is 1. The van der Waals surface area contributed by atoms with Crippen LogP contribution in [0.2, 0.25) is 0 Å². The quantitative estimate of drug-likeness (QED) is 0.330. The minimum atomic E-state index is -4.77. The minimum Gasteiger partial charge on any atom is -0.323 e. The summed E-state index contributed by atoms with van der Waals surface area (Å²) in [6.45, 7) is 0. The van der Waals surface area contributed by atoms with Gasteiger partial charge in [0.1, 0.15) is 23.1 Å². The summed E-state index contributed by atoms with van der Waals surface area (Å²) in [7, 11) is 0.